The maximum absolute atomic E-state index is 9.99. The first-order chi connectivity index (χ1) is 10.2. The molecular formula is C16H23ClN2O2. The summed E-state index contributed by atoms with van der Waals surface area (Å²) in [7, 11) is 0. The van der Waals surface area contributed by atoms with Crippen molar-refractivity contribution >= 4 is 11.6 Å². The second kappa shape index (κ2) is 6.97. The third-order valence-electron chi connectivity index (χ3n) is 4.18. The standard InChI is InChI=1S/C16H23ClN2O2/c17-12-1-5-16(6-2-12)21-11-15(20)9-18-13-7-8-19(10-13)14-3-4-14/h1-2,5-6,13-15,18,20H,3-4,7-11H2. The molecule has 21 heavy (non-hydrogen) atoms. The molecule has 1 aromatic carbocycles. The van der Waals surface area contributed by atoms with Gasteiger partial charge in [0.25, 0.3) is 0 Å². The Morgan fingerprint density at radius 2 is 2.05 bits per heavy atom. The molecule has 3 rings (SSSR count). The van der Waals surface area contributed by atoms with Gasteiger partial charge in [-0.2, -0.15) is 0 Å². The number of aliphatic hydroxyl groups excluding tert-OH is 1. The largest absolute Gasteiger partial charge is 0.491 e. The van der Waals surface area contributed by atoms with Crippen LogP contribution in [-0.2, 0) is 0 Å². The van der Waals surface area contributed by atoms with Gasteiger partial charge in [-0.05, 0) is 43.5 Å². The van der Waals surface area contributed by atoms with Crippen molar-refractivity contribution in [2.45, 2.75) is 37.5 Å². The molecule has 4 nitrogen and oxygen atoms in total. The summed E-state index contributed by atoms with van der Waals surface area (Å²) in [6, 6.07) is 8.55. The van der Waals surface area contributed by atoms with Gasteiger partial charge in [-0.25, -0.2) is 0 Å². The van der Waals surface area contributed by atoms with Crippen LogP contribution in [0.15, 0.2) is 24.3 Å². The van der Waals surface area contributed by atoms with Gasteiger partial charge in [0.2, 0.25) is 0 Å². The molecule has 2 fully saturated rings. The quantitative estimate of drug-likeness (QED) is 0.807. The van der Waals surface area contributed by atoms with E-state index in [0.717, 1.165) is 18.3 Å². The van der Waals surface area contributed by atoms with Crippen LogP contribution in [0.25, 0.3) is 0 Å². The van der Waals surface area contributed by atoms with E-state index in [0.29, 0.717) is 24.2 Å². The second-order valence-corrected chi connectivity index (χ2v) is 6.48. The number of halogens is 1. The van der Waals surface area contributed by atoms with Gasteiger partial charge in [-0.1, -0.05) is 11.6 Å². The van der Waals surface area contributed by atoms with Crippen molar-refractivity contribution < 1.29 is 9.84 Å². The van der Waals surface area contributed by atoms with Crippen LogP contribution in [0.1, 0.15) is 19.3 Å². The summed E-state index contributed by atoms with van der Waals surface area (Å²) >= 11 is 5.82. The third-order valence-corrected chi connectivity index (χ3v) is 4.43. The van der Waals surface area contributed by atoms with Crippen molar-refractivity contribution in [1.82, 2.24) is 10.2 Å². The van der Waals surface area contributed by atoms with E-state index in [-0.39, 0.29) is 0 Å². The van der Waals surface area contributed by atoms with Crippen molar-refractivity contribution in [2.24, 2.45) is 0 Å². The van der Waals surface area contributed by atoms with E-state index in [2.05, 4.69) is 10.2 Å². The van der Waals surface area contributed by atoms with Crippen LogP contribution in [0.3, 0.4) is 0 Å². The first kappa shape index (κ1) is 15.1. The van der Waals surface area contributed by atoms with E-state index >= 15 is 0 Å². The van der Waals surface area contributed by atoms with Gasteiger partial charge in [0.1, 0.15) is 18.5 Å². The average molecular weight is 311 g/mol. The molecule has 2 unspecified atom stereocenters. The molecule has 1 heterocycles. The first-order valence-corrected chi connectivity index (χ1v) is 8.12. The van der Waals surface area contributed by atoms with Gasteiger partial charge < -0.3 is 15.2 Å². The highest BCUT2D eigenvalue weighted by molar-refractivity contribution is 6.30. The Morgan fingerprint density at radius 3 is 2.76 bits per heavy atom. The second-order valence-electron chi connectivity index (χ2n) is 6.04. The average Bonchev–Trinajstić information content (AvgIpc) is 3.23. The smallest absolute Gasteiger partial charge is 0.119 e. The highest BCUT2D eigenvalue weighted by Gasteiger charge is 2.34. The minimum Gasteiger partial charge on any atom is -0.491 e. The zero-order valence-electron chi connectivity index (χ0n) is 12.2. The highest BCUT2D eigenvalue weighted by atomic mass is 35.5. The summed E-state index contributed by atoms with van der Waals surface area (Å²) in [6.45, 7) is 3.19. The highest BCUT2D eigenvalue weighted by Crippen LogP contribution is 2.29. The molecule has 0 aromatic heterocycles. The van der Waals surface area contributed by atoms with Crippen LogP contribution in [0.5, 0.6) is 5.75 Å². The first-order valence-electron chi connectivity index (χ1n) is 7.74. The van der Waals surface area contributed by atoms with Gasteiger partial charge in [0, 0.05) is 36.7 Å². The summed E-state index contributed by atoms with van der Waals surface area (Å²) in [6.07, 6.45) is 3.42. The number of nitrogens with one attached hydrogen (secondary N) is 1. The number of likely N-dealkylation sites (tertiary alicyclic amines) is 1. The number of benzene rings is 1. The predicted octanol–water partition coefficient (Wildman–Crippen LogP) is 1.91. The molecule has 1 aliphatic carbocycles. The van der Waals surface area contributed by atoms with Crippen LogP contribution in [0.4, 0.5) is 0 Å². The number of hydrogen-bond donors (Lipinski definition) is 2. The summed E-state index contributed by atoms with van der Waals surface area (Å²) in [5.74, 6) is 0.735. The predicted molar refractivity (Wildman–Crippen MR) is 84.0 cm³/mol. The molecule has 116 valence electrons. The summed E-state index contributed by atoms with van der Waals surface area (Å²) in [5.41, 5.74) is 0. The minimum absolute atomic E-state index is 0.299. The lowest BCUT2D eigenvalue weighted by Crippen LogP contribution is -2.39. The Hall–Kier alpha value is -0.810. The Kier molecular flexibility index (Phi) is 5.01. The lowest BCUT2D eigenvalue weighted by atomic mass is 10.2. The minimum atomic E-state index is -0.490. The van der Waals surface area contributed by atoms with Crippen LogP contribution >= 0.6 is 11.6 Å². The molecule has 2 aliphatic rings. The van der Waals surface area contributed by atoms with Crippen LogP contribution in [0, 0.1) is 0 Å². The van der Waals surface area contributed by atoms with Gasteiger partial charge >= 0.3 is 0 Å². The normalized spacial score (nSPS) is 24.2. The number of ether oxygens (including phenoxy) is 1. The molecule has 5 heteroatoms. The summed E-state index contributed by atoms with van der Waals surface area (Å²) in [4.78, 5) is 2.56. The fraction of sp³-hybridized carbons (Fsp3) is 0.625. The maximum atomic E-state index is 9.99. The van der Waals surface area contributed by atoms with Gasteiger partial charge in [-0.3, -0.25) is 4.90 Å². The molecule has 2 atom stereocenters. The Morgan fingerprint density at radius 1 is 1.29 bits per heavy atom. The Labute approximate surface area is 131 Å². The topological polar surface area (TPSA) is 44.7 Å². The lowest BCUT2D eigenvalue weighted by molar-refractivity contribution is 0.103. The van der Waals surface area contributed by atoms with E-state index in [1.165, 1.54) is 25.8 Å². The number of aliphatic hydroxyl groups is 1. The zero-order valence-corrected chi connectivity index (χ0v) is 12.9. The van der Waals surface area contributed by atoms with Crippen LogP contribution in [-0.4, -0.2) is 54.4 Å². The number of hydrogen-bond acceptors (Lipinski definition) is 4. The zero-order chi connectivity index (χ0) is 14.7. The maximum Gasteiger partial charge on any atom is 0.119 e. The summed E-state index contributed by atoms with van der Waals surface area (Å²) < 4.78 is 5.55. The lowest BCUT2D eigenvalue weighted by Gasteiger charge is -2.18. The van der Waals surface area contributed by atoms with Crippen molar-refractivity contribution in [3.05, 3.63) is 29.3 Å². The molecule has 0 bridgehead atoms. The van der Waals surface area contributed by atoms with Crippen LogP contribution < -0.4 is 10.1 Å². The van der Waals surface area contributed by atoms with E-state index in [4.69, 9.17) is 16.3 Å². The van der Waals surface area contributed by atoms with Crippen molar-refractivity contribution in [2.75, 3.05) is 26.2 Å². The van der Waals surface area contributed by atoms with E-state index < -0.39 is 6.10 Å². The Bertz CT molecular complexity index is 450. The molecule has 0 spiro atoms. The molecular weight excluding hydrogens is 288 g/mol. The molecule has 0 amide bonds. The number of nitrogens with zero attached hydrogens (tertiary/aromatic N) is 1. The SMILES string of the molecule is OC(CNC1CCN(C2CC2)C1)COc1ccc(Cl)cc1. The van der Waals surface area contributed by atoms with Gasteiger partial charge in [0.15, 0.2) is 0 Å². The fourth-order valence-electron chi connectivity index (χ4n) is 2.81. The van der Waals surface area contributed by atoms with E-state index in [1.54, 1.807) is 12.1 Å². The summed E-state index contributed by atoms with van der Waals surface area (Å²) in [5, 5.41) is 14.1. The van der Waals surface area contributed by atoms with E-state index in [1.807, 2.05) is 12.1 Å². The van der Waals surface area contributed by atoms with Crippen molar-refractivity contribution in [3.8, 4) is 5.75 Å². The third kappa shape index (κ3) is 4.58. The molecule has 1 saturated carbocycles. The molecule has 0 radical (unpaired) electrons. The van der Waals surface area contributed by atoms with Gasteiger partial charge in [0.05, 0.1) is 0 Å². The Balaban J connectivity index is 1.32. The monoisotopic (exact) mass is 310 g/mol. The molecule has 1 aliphatic heterocycles. The molecule has 1 saturated heterocycles. The van der Waals surface area contributed by atoms with Crippen LogP contribution in [0.2, 0.25) is 5.02 Å². The fourth-order valence-corrected chi connectivity index (χ4v) is 2.94. The van der Waals surface area contributed by atoms with Gasteiger partial charge in [-0.15, -0.1) is 0 Å². The van der Waals surface area contributed by atoms with Crippen molar-refractivity contribution in [3.63, 3.8) is 0 Å². The number of rotatable bonds is 7. The van der Waals surface area contributed by atoms with E-state index in [9.17, 15) is 5.11 Å². The molecule has 2 N–H and O–H groups in total. The molecule has 1 aromatic rings. The van der Waals surface area contributed by atoms with Crippen molar-refractivity contribution in [1.29, 1.82) is 0 Å².